The van der Waals surface area contributed by atoms with Crippen LogP contribution in [-0.2, 0) is 0 Å². The number of ether oxygens (including phenoxy) is 1. The van der Waals surface area contributed by atoms with E-state index in [4.69, 9.17) is 4.74 Å². The van der Waals surface area contributed by atoms with Gasteiger partial charge < -0.3 is 9.84 Å². The summed E-state index contributed by atoms with van der Waals surface area (Å²) >= 11 is 0. The van der Waals surface area contributed by atoms with Crippen molar-refractivity contribution in [2.24, 2.45) is 0 Å². The van der Waals surface area contributed by atoms with Crippen LogP contribution in [0.4, 0.5) is 0 Å². The number of hydrogen-bond acceptors (Lipinski definition) is 3. The zero-order valence-electron chi connectivity index (χ0n) is 11.7. The first-order valence-corrected chi connectivity index (χ1v) is 6.46. The molecule has 2 heterocycles. The fourth-order valence-corrected chi connectivity index (χ4v) is 2.29. The van der Waals surface area contributed by atoms with Crippen LogP contribution in [-0.4, -0.2) is 27.6 Å². The molecule has 0 radical (unpaired) electrons. The smallest absolute Gasteiger partial charge is 0.356 e. The standard InChI is InChI=1S/C16H14N2O3/c1-10-7-8-18-13(9-10)14(16(19)20)17-15(18)11-3-5-12(21-2)6-4-11/h3-9H,1-2H3,(H,19,20). The molecular formula is C16H14N2O3. The number of pyridine rings is 1. The first-order valence-electron chi connectivity index (χ1n) is 6.46. The van der Waals surface area contributed by atoms with Gasteiger partial charge in [0.25, 0.3) is 0 Å². The molecule has 0 unspecified atom stereocenters. The molecule has 1 N–H and O–H groups in total. The zero-order valence-corrected chi connectivity index (χ0v) is 11.7. The molecule has 21 heavy (non-hydrogen) atoms. The normalized spacial score (nSPS) is 10.8. The van der Waals surface area contributed by atoms with E-state index in [1.807, 2.05) is 49.5 Å². The van der Waals surface area contributed by atoms with Crippen LogP contribution in [0.1, 0.15) is 16.1 Å². The highest BCUT2D eigenvalue weighted by Crippen LogP contribution is 2.25. The summed E-state index contributed by atoms with van der Waals surface area (Å²) in [6.07, 6.45) is 1.84. The third kappa shape index (κ3) is 2.23. The van der Waals surface area contributed by atoms with Crippen molar-refractivity contribution in [2.75, 3.05) is 7.11 Å². The Morgan fingerprint density at radius 2 is 1.95 bits per heavy atom. The molecule has 2 aromatic heterocycles. The van der Waals surface area contributed by atoms with Gasteiger partial charge in [0.1, 0.15) is 11.6 Å². The summed E-state index contributed by atoms with van der Waals surface area (Å²) in [6.45, 7) is 1.92. The maximum Gasteiger partial charge on any atom is 0.356 e. The van der Waals surface area contributed by atoms with Crippen molar-refractivity contribution in [2.45, 2.75) is 6.92 Å². The van der Waals surface area contributed by atoms with Crippen molar-refractivity contribution >= 4 is 11.5 Å². The number of hydrogen-bond donors (Lipinski definition) is 1. The molecule has 0 saturated heterocycles. The summed E-state index contributed by atoms with van der Waals surface area (Å²) in [6, 6.07) is 11.1. The highest BCUT2D eigenvalue weighted by molar-refractivity contribution is 5.95. The summed E-state index contributed by atoms with van der Waals surface area (Å²) in [7, 11) is 1.60. The minimum absolute atomic E-state index is 0.0597. The molecule has 0 amide bonds. The Labute approximate surface area is 121 Å². The van der Waals surface area contributed by atoms with Gasteiger partial charge in [0.05, 0.1) is 12.6 Å². The Kier molecular flexibility index (Phi) is 3.10. The van der Waals surface area contributed by atoms with E-state index in [2.05, 4.69) is 4.98 Å². The molecule has 5 heteroatoms. The summed E-state index contributed by atoms with van der Waals surface area (Å²) in [5.74, 6) is 0.317. The van der Waals surface area contributed by atoms with E-state index in [9.17, 15) is 9.90 Å². The number of fused-ring (bicyclic) bond motifs is 1. The van der Waals surface area contributed by atoms with Crippen molar-refractivity contribution in [1.29, 1.82) is 0 Å². The first kappa shape index (κ1) is 13.2. The van der Waals surface area contributed by atoms with Gasteiger partial charge in [0.2, 0.25) is 0 Å². The third-order valence-electron chi connectivity index (χ3n) is 3.35. The molecule has 0 bridgehead atoms. The molecule has 0 aliphatic rings. The lowest BCUT2D eigenvalue weighted by Crippen LogP contribution is -1.97. The van der Waals surface area contributed by atoms with E-state index in [1.165, 1.54) is 0 Å². The second kappa shape index (κ2) is 4.94. The van der Waals surface area contributed by atoms with Crippen molar-refractivity contribution in [3.8, 4) is 17.1 Å². The number of aromatic nitrogens is 2. The highest BCUT2D eigenvalue weighted by Gasteiger charge is 2.17. The van der Waals surface area contributed by atoms with Crippen LogP contribution < -0.4 is 4.74 Å². The van der Waals surface area contributed by atoms with Gasteiger partial charge in [-0.25, -0.2) is 9.78 Å². The Morgan fingerprint density at radius 3 is 2.57 bits per heavy atom. The minimum atomic E-state index is -1.03. The molecule has 0 spiro atoms. The maximum absolute atomic E-state index is 11.4. The average molecular weight is 282 g/mol. The fourth-order valence-electron chi connectivity index (χ4n) is 2.29. The van der Waals surface area contributed by atoms with Crippen molar-refractivity contribution in [3.05, 3.63) is 53.9 Å². The molecule has 3 aromatic rings. The van der Waals surface area contributed by atoms with Crippen LogP contribution in [0, 0.1) is 6.92 Å². The number of aromatic carboxylic acids is 1. The van der Waals surface area contributed by atoms with Crippen molar-refractivity contribution < 1.29 is 14.6 Å². The van der Waals surface area contributed by atoms with Gasteiger partial charge in [-0.1, -0.05) is 0 Å². The van der Waals surface area contributed by atoms with Crippen LogP contribution in [0.25, 0.3) is 16.9 Å². The second-order valence-electron chi connectivity index (χ2n) is 4.78. The van der Waals surface area contributed by atoms with E-state index in [1.54, 1.807) is 11.5 Å². The van der Waals surface area contributed by atoms with E-state index in [0.717, 1.165) is 16.9 Å². The number of benzene rings is 1. The van der Waals surface area contributed by atoms with Gasteiger partial charge in [-0.3, -0.25) is 4.40 Å². The summed E-state index contributed by atoms with van der Waals surface area (Å²) in [5.41, 5.74) is 2.48. The maximum atomic E-state index is 11.4. The Morgan fingerprint density at radius 1 is 1.24 bits per heavy atom. The number of aryl methyl sites for hydroxylation is 1. The van der Waals surface area contributed by atoms with Crippen molar-refractivity contribution in [1.82, 2.24) is 9.38 Å². The lowest BCUT2D eigenvalue weighted by atomic mass is 10.2. The number of carbonyl (C=O) groups is 1. The molecule has 0 aliphatic carbocycles. The third-order valence-corrected chi connectivity index (χ3v) is 3.35. The van der Waals surface area contributed by atoms with Gasteiger partial charge in [0.15, 0.2) is 5.69 Å². The summed E-state index contributed by atoms with van der Waals surface area (Å²) in [5, 5.41) is 9.32. The molecule has 0 aliphatic heterocycles. The van der Waals surface area contributed by atoms with Gasteiger partial charge in [-0.15, -0.1) is 0 Å². The van der Waals surface area contributed by atoms with Gasteiger partial charge in [-0.05, 0) is 48.9 Å². The van der Waals surface area contributed by atoms with Crippen LogP contribution >= 0.6 is 0 Å². The average Bonchev–Trinajstić information content (AvgIpc) is 2.86. The number of rotatable bonds is 3. The predicted octanol–water partition coefficient (Wildman–Crippen LogP) is 3.02. The Balaban J connectivity index is 2.24. The zero-order chi connectivity index (χ0) is 15.0. The molecule has 0 fully saturated rings. The minimum Gasteiger partial charge on any atom is -0.497 e. The topological polar surface area (TPSA) is 63.8 Å². The van der Waals surface area contributed by atoms with Crippen LogP contribution in [0.15, 0.2) is 42.6 Å². The molecular weight excluding hydrogens is 268 g/mol. The molecule has 3 rings (SSSR count). The summed E-state index contributed by atoms with van der Waals surface area (Å²) in [4.78, 5) is 15.7. The fraction of sp³-hybridized carbons (Fsp3) is 0.125. The van der Waals surface area contributed by atoms with E-state index in [0.29, 0.717) is 11.3 Å². The Hall–Kier alpha value is -2.82. The van der Waals surface area contributed by atoms with Crippen molar-refractivity contribution in [3.63, 3.8) is 0 Å². The molecule has 1 aromatic carbocycles. The highest BCUT2D eigenvalue weighted by atomic mass is 16.5. The lowest BCUT2D eigenvalue weighted by Gasteiger charge is -2.03. The van der Waals surface area contributed by atoms with Crippen LogP contribution in [0.5, 0.6) is 5.75 Å². The van der Waals surface area contributed by atoms with E-state index < -0.39 is 5.97 Å². The van der Waals surface area contributed by atoms with E-state index >= 15 is 0 Å². The van der Waals surface area contributed by atoms with E-state index in [-0.39, 0.29) is 5.69 Å². The van der Waals surface area contributed by atoms with Crippen LogP contribution in [0.2, 0.25) is 0 Å². The number of imidazole rings is 1. The summed E-state index contributed by atoms with van der Waals surface area (Å²) < 4.78 is 6.92. The van der Waals surface area contributed by atoms with Gasteiger partial charge in [-0.2, -0.15) is 0 Å². The lowest BCUT2D eigenvalue weighted by molar-refractivity contribution is 0.0693. The number of carboxylic acid groups (broad SMARTS) is 1. The SMILES string of the molecule is COc1ccc(-c2nc(C(=O)O)c3cc(C)ccn23)cc1. The van der Waals surface area contributed by atoms with Gasteiger partial charge in [0, 0.05) is 11.8 Å². The number of carboxylic acids is 1. The second-order valence-corrected chi connectivity index (χ2v) is 4.78. The quantitative estimate of drug-likeness (QED) is 0.802. The number of nitrogens with zero attached hydrogens (tertiary/aromatic N) is 2. The largest absolute Gasteiger partial charge is 0.497 e. The molecule has 106 valence electrons. The number of methoxy groups -OCH3 is 1. The molecule has 0 saturated carbocycles. The predicted molar refractivity (Wildman–Crippen MR) is 78.9 cm³/mol. The first-order chi connectivity index (χ1) is 10.1. The van der Waals surface area contributed by atoms with Crippen LogP contribution in [0.3, 0.4) is 0 Å². The van der Waals surface area contributed by atoms with Gasteiger partial charge >= 0.3 is 5.97 Å². The Bertz CT molecular complexity index is 819. The molecule has 5 nitrogen and oxygen atoms in total. The molecule has 0 atom stereocenters. The monoisotopic (exact) mass is 282 g/mol.